The lowest BCUT2D eigenvalue weighted by Crippen LogP contribution is -2.28. The summed E-state index contributed by atoms with van der Waals surface area (Å²) in [6.45, 7) is 0.295. The van der Waals surface area contributed by atoms with Gasteiger partial charge in [-0.15, -0.1) is 24.8 Å². The molecule has 0 spiro atoms. The first kappa shape index (κ1) is 20.3. The zero-order valence-electron chi connectivity index (χ0n) is 12.0. The van der Waals surface area contributed by atoms with Gasteiger partial charge in [0.25, 0.3) is 0 Å². The molecular formula is C13H19Cl2N5O2. The Morgan fingerprint density at radius 3 is 2.77 bits per heavy atom. The van der Waals surface area contributed by atoms with E-state index in [9.17, 15) is 4.79 Å². The van der Waals surface area contributed by atoms with Crippen LogP contribution < -0.4 is 11.1 Å². The van der Waals surface area contributed by atoms with Crippen LogP contribution in [0.1, 0.15) is 6.42 Å². The number of anilines is 1. The van der Waals surface area contributed by atoms with Crippen LogP contribution in [-0.2, 0) is 9.53 Å². The summed E-state index contributed by atoms with van der Waals surface area (Å²) >= 11 is 0. The van der Waals surface area contributed by atoms with E-state index in [2.05, 4.69) is 15.4 Å². The number of halogens is 2. The number of pyridine rings is 1. The van der Waals surface area contributed by atoms with Gasteiger partial charge in [-0.1, -0.05) is 0 Å². The number of nitrogens with one attached hydrogen (secondary N) is 1. The molecule has 2 aromatic heterocycles. The third-order valence-corrected chi connectivity index (χ3v) is 2.79. The van der Waals surface area contributed by atoms with Crippen molar-refractivity contribution in [3.8, 4) is 5.82 Å². The minimum atomic E-state index is -0.292. The first-order valence-electron chi connectivity index (χ1n) is 6.22. The second kappa shape index (κ2) is 10.1. The molecule has 0 bridgehead atoms. The maximum atomic E-state index is 12.0. The third kappa shape index (κ3) is 5.27. The molecule has 7 nitrogen and oxygen atoms in total. The smallest absolute Gasteiger partial charge is 0.227 e. The van der Waals surface area contributed by atoms with Crippen LogP contribution >= 0.6 is 24.8 Å². The molecule has 0 saturated heterocycles. The van der Waals surface area contributed by atoms with Crippen molar-refractivity contribution >= 4 is 36.4 Å². The van der Waals surface area contributed by atoms with E-state index in [-0.39, 0.29) is 43.2 Å². The minimum Gasteiger partial charge on any atom is -0.380 e. The molecule has 0 aliphatic rings. The molecule has 22 heavy (non-hydrogen) atoms. The molecule has 0 aliphatic carbocycles. The van der Waals surface area contributed by atoms with Crippen LogP contribution in [0.15, 0.2) is 36.8 Å². The van der Waals surface area contributed by atoms with Gasteiger partial charge in [0.15, 0.2) is 5.82 Å². The minimum absolute atomic E-state index is 0. The molecular weight excluding hydrogens is 329 g/mol. The van der Waals surface area contributed by atoms with Gasteiger partial charge in [0.1, 0.15) is 0 Å². The van der Waals surface area contributed by atoms with E-state index < -0.39 is 0 Å². The summed E-state index contributed by atoms with van der Waals surface area (Å²) in [5, 5.41) is 6.91. The van der Waals surface area contributed by atoms with Crippen molar-refractivity contribution in [2.45, 2.75) is 12.5 Å². The Balaban J connectivity index is 0.00000220. The second-order valence-corrected chi connectivity index (χ2v) is 4.17. The fourth-order valence-corrected chi connectivity index (χ4v) is 1.74. The summed E-state index contributed by atoms with van der Waals surface area (Å²) in [7, 11) is 1.53. The number of carbonyl (C=O) groups is 1. The number of aromatic nitrogens is 3. The van der Waals surface area contributed by atoms with E-state index in [0.717, 1.165) is 0 Å². The first-order valence-corrected chi connectivity index (χ1v) is 6.22. The van der Waals surface area contributed by atoms with Crippen LogP contribution in [0.5, 0.6) is 0 Å². The Hall–Kier alpha value is -1.67. The van der Waals surface area contributed by atoms with Crippen molar-refractivity contribution in [1.29, 1.82) is 0 Å². The molecule has 1 amide bonds. The van der Waals surface area contributed by atoms with Crippen molar-refractivity contribution in [2.75, 3.05) is 19.0 Å². The highest BCUT2D eigenvalue weighted by Gasteiger charge is 2.14. The van der Waals surface area contributed by atoms with E-state index in [4.69, 9.17) is 10.5 Å². The number of carbonyl (C=O) groups excluding carboxylic acids is 1. The Labute approximate surface area is 141 Å². The zero-order valence-corrected chi connectivity index (χ0v) is 13.6. The predicted molar refractivity (Wildman–Crippen MR) is 89.0 cm³/mol. The summed E-state index contributed by atoms with van der Waals surface area (Å²) in [6, 6.07) is 5.31. The standard InChI is InChI=1S/C13H17N5O2.2ClH/c1-20-10(9-14)8-12(19)17-11-4-2-5-15-13(11)18-7-3-6-16-18;;/h2-7,10H,8-9,14H2,1H3,(H,17,19);2*1H. The van der Waals surface area contributed by atoms with Gasteiger partial charge in [0.2, 0.25) is 5.91 Å². The van der Waals surface area contributed by atoms with Gasteiger partial charge >= 0.3 is 0 Å². The summed E-state index contributed by atoms with van der Waals surface area (Å²) < 4.78 is 6.68. The number of nitrogens with two attached hydrogens (primary N) is 1. The van der Waals surface area contributed by atoms with Crippen LogP contribution in [0.3, 0.4) is 0 Å². The second-order valence-electron chi connectivity index (χ2n) is 4.17. The molecule has 2 heterocycles. The van der Waals surface area contributed by atoms with Gasteiger partial charge in [0, 0.05) is 32.2 Å². The lowest BCUT2D eigenvalue weighted by atomic mass is 10.2. The molecule has 0 radical (unpaired) electrons. The molecule has 0 saturated carbocycles. The van der Waals surface area contributed by atoms with Gasteiger partial charge in [-0.2, -0.15) is 5.10 Å². The number of amides is 1. The fourth-order valence-electron chi connectivity index (χ4n) is 1.74. The van der Waals surface area contributed by atoms with Crippen molar-refractivity contribution in [3.05, 3.63) is 36.8 Å². The molecule has 0 fully saturated rings. The Kier molecular flexibility index (Phi) is 9.35. The number of ether oxygens (including phenoxy) is 1. The van der Waals surface area contributed by atoms with Gasteiger partial charge < -0.3 is 15.8 Å². The molecule has 2 aromatic rings. The zero-order chi connectivity index (χ0) is 14.4. The largest absolute Gasteiger partial charge is 0.380 e. The molecule has 0 aromatic carbocycles. The highest BCUT2D eigenvalue weighted by atomic mass is 35.5. The Morgan fingerprint density at radius 2 is 2.18 bits per heavy atom. The summed E-state index contributed by atoms with van der Waals surface area (Å²) in [4.78, 5) is 16.2. The third-order valence-electron chi connectivity index (χ3n) is 2.79. The highest BCUT2D eigenvalue weighted by molar-refractivity contribution is 5.92. The van der Waals surface area contributed by atoms with Crippen LogP contribution in [0.25, 0.3) is 5.82 Å². The van der Waals surface area contributed by atoms with Gasteiger partial charge in [-0.3, -0.25) is 4.79 Å². The molecule has 0 aliphatic heterocycles. The summed E-state index contributed by atoms with van der Waals surface area (Å²) in [6.07, 6.45) is 4.95. The maximum absolute atomic E-state index is 12.0. The topological polar surface area (TPSA) is 95.1 Å². The van der Waals surface area contributed by atoms with Crippen LogP contribution in [0, 0.1) is 0 Å². The quantitative estimate of drug-likeness (QED) is 0.823. The van der Waals surface area contributed by atoms with Crippen molar-refractivity contribution in [3.63, 3.8) is 0 Å². The molecule has 3 N–H and O–H groups in total. The number of rotatable bonds is 6. The van der Waals surface area contributed by atoms with E-state index in [1.807, 2.05) is 0 Å². The predicted octanol–water partition coefficient (Wildman–Crippen LogP) is 1.41. The molecule has 1 unspecified atom stereocenters. The van der Waals surface area contributed by atoms with Gasteiger partial charge in [-0.05, 0) is 18.2 Å². The summed E-state index contributed by atoms with van der Waals surface area (Å²) in [5.41, 5.74) is 6.09. The lowest BCUT2D eigenvalue weighted by molar-refractivity contribution is -0.118. The Bertz CT molecular complexity index is 561. The number of nitrogens with zero attached hydrogens (tertiary/aromatic N) is 3. The molecule has 9 heteroatoms. The van der Waals surface area contributed by atoms with Crippen LogP contribution in [-0.4, -0.2) is 40.4 Å². The molecule has 2 rings (SSSR count). The van der Waals surface area contributed by atoms with Crippen molar-refractivity contribution in [2.24, 2.45) is 5.73 Å². The lowest BCUT2D eigenvalue weighted by Gasteiger charge is -2.14. The molecule has 1 atom stereocenters. The SMILES string of the molecule is COC(CN)CC(=O)Nc1cccnc1-n1cccn1.Cl.Cl. The number of hydrogen-bond acceptors (Lipinski definition) is 5. The Morgan fingerprint density at radius 1 is 1.41 bits per heavy atom. The molecule has 122 valence electrons. The van der Waals surface area contributed by atoms with Gasteiger partial charge in [0.05, 0.1) is 18.2 Å². The summed E-state index contributed by atoms with van der Waals surface area (Å²) in [5.74, 6) is 0.385. The van der Waals surface area contributed by atoms with Crippen molar-refractivity contribution in [1.82, 2.24) is 14.8 Å². The normalized spacial score (nSPS) is 11.0. The first-order chi connectivity index (χ1) is 9.74. The maximum Gasteiger partial charge on any atom is 0.227 e. The van der Waals surface area contributed by atoms with Crippen molar-refractivity contribution < 1.29 is 9.53 Å². The van der Waals surface area contributed by atoms with E-state index in [1.54, 1.807) is 41.5 Å². The van der Waals surface area contributed by atoms with Gasteiger partial charge in [-0.25, -0.2) is 9.67 Å². The monoisotopic (exact) mass is 347 g/mol. The van der Waals surface area contributed by atoms with E-state index in [1.165, 1.54) is 7.11 Å². The number of hydrogen-bond donors (Lipinski definition) is 2. The average Bonchev–Trinajstić information content (AvgIpc) is 2.99. The average molecular weight is 348 g/mol. The fraction of sp³-hybridized carbons (Fsp3) is 0.308. The highest BCUT2D eigenvalue weighted by Crippen LogP contribution is 2.16. The van der Waals surface area contributed by atoms with Crippen LogP contribution in [0.2, 0.25) is 0 Å². The van der Waals surface area contributed by atoms with E-state index >= 15 is 0 Å². The number of methoxy groups -OCH3 is 1. The van der Waals surface area contributed by atoms with Crippen LogP contribution in [0.4, 0.5) is 5.69 Å². The van der Waals surface area contributed by atoms with E-state index in [0.29, 0.717) is 18.1 Å².